The van der Waals surface area contributed by atoms with Crippen molar-refractivity contribution in [2.45, 2.75) is 25.7 Å². The molecule has 5 heteroatoms. The Labute approximate surface area is 135 Å². The molecule has 23 heavy (non-hydrogen) atoms. The molecule has 0 spiro atoms. The van der Waals surface area contributed by atoms with Gasteiger partial charge in [0.1, 0.15) is 12.4 Å². The Kier molecular flexibility index (Phi) is 4.76. The molecule has 1 aromatic carbocycles. The standard InChI is InChI=1S/C18H21N3O2/c19-18(22)14-7-5-13(6-8-14)9-10-23-17-4-2-1-3-15(17)16-11-20-12-21-16/h1-4,9,11-12,14H,5-8,10H2,(H2,19,22)(H,20,21). The van der Waals surface area contributed by atoms with Crippen molar-refractivity contribution in [3.05, 3.63) is 48.4 Å². The van der Waals surface area contributed by atoms with Crippen molar-refractivity contribution in [1.29, 1.82) is 0 Å². The highest BCUT2D eigenvalue weighted by Gasteiger charge is 2.20. The molecule has 1 heterocycles. The highest BCUT2D eigenvalue weighted by atomic mass is 16.5. The summed E-state index contributed by atoms with van der Waals surface area (Å²) >= 11 is 0. The Bertz CT molecular complexity index is 682. The molecule has 1 fully saturated rings. The molecule has 1 aliphatic carbocycles. The van der Waals surface area contributed by atoms with Crippen LogP contribution in [-0.2, 0) is 4.79 Å². The van der Waals surface area contributed by atoms with E-state index >= 15 is 0 Å². The highest BCUT2D eigenvalue weighted by Crippen LogP contribution is 2.29. The Morgan fingerprint density at radius 3 is 2.83 bits per heavy atom. The van der Waals surface area contributed by atoms with Crippen molar-refractivity contribution in [2.24, 2.45) is 11.7 Å². The molecule has 0 atom stereocenters. The van der Waals surface area contributed by atoms with Gasteiger partial charge in [0.25, 0.3) is 0 Å². The quantitative estimate of drug-likeness (QED) is 0.833. The monoisotopic (exact) mass is 311 g/mol. The second-order valence-corrected chi connectivity index (χ2v) is 5.81. The number of carbonyl (C=O) groups excluding carboxylic acids is 1. The number of aromatic amines is 1. The molecular weight excluding hydrogens is 290 g/mol. The summed E-state index contributed by atoms with van der Waals surface area (Å²) in [7, 11) is 0. The lowest BCUT2D eigenvalue weighted by molar-refractivity contribution is -0.122. The number of ether oxygens (including phenoxy) is 1. The number of benzene rings is 1. The summed E-state index contributed by atoms with van der Waals surface area (Å²) in [5.74, 6) is 0.697. The number of carbonyl (C=O) groups is 1. The van der Waals surface area contributed by atoms with E-state index in [0.717, 1.165) is 42.7 Å². The number of rotatable bonds is 5. The van der Waals surface area contributed by atoms with Crippen LogP contribution in [-0.4, -0.2) is 22.5 Å². The molecule has 5 nitrogen and oxygen atoms in total. The molecule has 0 aliphatic heterocycles. The molecule has 0 saturated heterocycles. The molecule has 1 amide bonds. The Morgan fingerprint density at radius 2 is 2.13 bits per heavy atom. The van der Waals surface area contributed by atoms with E-state index in [1.165, 1.54) is 5.57 Å². The number of nitrogens with two attached hydrogens (primary N) is 1. The number of hydrogen-bond acceptors (Lipinski definition) is 3. The minimum Gasteiger partial charge on any atom is -0.489 e. The SMILES string of the molecule is NC(=O)C1CCC(=CCOc2ccccc2-c2cnc[nH]2)CC1. The van der Waals surface area contributed by atoms with Crippen LogP contribution < -0.4 is 10.5 Å². The van der Waals surface area contributed by atoms with Crippen molar-refractivity contribution in [1.82, 2.24) is 9.97 Å². The molecule has 120 valence electrons. The van der Waals surface area contributed by atoms with Gasteiger partial charge in [-0.1, -0.05) is 17.7 Å². The van der Waals surface area contributed by atoms with Gasteiger partial charge in [-0.05, 0) is 43.9 Å². The first-order chi connectivity index (χ1) is 11.2. The third-order valence-corrected chi connectivity index (χ3v) is 4.32. The van der Waals surface area contributed by atoms with Crippen LogP contribution >= 0.6 is 0 Å². The summed E-state index contributed by atoms with van der Waals surface area (Å²) in [5.41, 5.74) is 8.65. The number of primary amides is 1. The molecule has 1 saturated carbocycles. The number of hydrogen-bond donors (Lipinski definition) is 2. The molecule has 2 aromatic rings. The van der Waals surface area contributed by atoms with Gasteiger partial charge < -0.3 is 15.5 Å². The number of nitrogens with zero attached hydrogens (tertiary/aromatic N) is 1. The van der Waals surface area contributed by atoms with Gasteiger partial charge in [-0.2, -0.15) is 0 Å². The molecule has 3 N–H and O–H groups in total. The maximum atomic E-state index is 11.2. The number of aromatic nitrogens is 2. The minimum atomic E-state index is -0.172. The number of amides is 1. The van der Waals surface area contributed by atoms with Gasteiger partial charge in [0.05, 0.1) is 18.2 Å². The van der Waals surface area contributed by atoms with Crippen LogP contribution in [0.3, 0.4) is 0 Å². The molecule has 0 radical (unpaired) electrons. The first kappa shape index (κ1) is 15.3. The smallest absolute Gasteiger partial charge is 0.220 e. The summed E-state index contributed by atoms with van der Waals surface area (Å²) in [6.45, 7) is 0.529. The van der Waals surface area contributed by atoms with E-state index in [1.54, 1.807) is 12.5 Å². The lowest BCUT2D eigenvalue weighted by Gasteiger charge is -2.21. The van der Waals surface area contributed by atoms with Crippen LogP contribution in [0.15, 0.2) is 48.4 Å². The van der Waals surface area contributed by atoms with E-state index in [4.69, 9.17) is 10.5 Å². The van der Waals surface area contributed by atoms with E-state index in [9.17, 15) is 4.79 Å². The van der Waals surface area contributed by atoms with Crippen LogP contribution in [0.4, 0.5) is 0 Å². The van der Waals surface area contributed by atoms with Crippen molar-refractivity contribution in [3.8, 4) is 17.0 Å². The zero-order valence-corrected chi connectivity index (χ0v) is 13.0. The molecule has 0 unspecified atom stereocenters. The largest absolute Gasteiger partial charge is 0.489 e. The van der Waals surface area contributed by atoms with Crippen LogP contribution in [0, 0.1) is 5.92 Å². The fourth-order valence-electron chi connectivity index (χ4n) is 2.94. The number of allylic oxidation sites excluding steroid dienone is 1. The lowest BCUT2D eigenvalue weighted by atomic mass is 9.85. The summed E-state index contributed by atoms with van der Waals surface area (Å²) in [6.07, 6.45) is 9.13. The third-order valence-electron chi connectivity index (χ3n) is 4.32. The van der Waals surface area contributed by atoms with Gasteiger partial charge in [-0.25, -0.2) is 4.98 Å². The fraction of sp³-hybridized carbons (Fsp3) is 0.333. The van der Waals surface area contributed by atoms with E-state index in [2.05, 4.69) is 16.0 Å². The average Bonchev–Trinajstić information content (AvgIpc) is 3.10. The van der Waals surface area contributed by atoms with Gasteiger partial charge in [-0.3, -0.25) is 4.79 Å². The molecular formula is C18H21N3O2. The second kappa shape index (κ2) is 7.13. The molecule has 1 aromatic heterocycles. The fourth-order valence-corrected chi connectivity index (χ4v) is 2.94. The second-order valence-electron chi connectivity index (χ2n) is 5.81. The minimum absolute atomic E-state index is 0.0363. The summed E-state index contributed by atoms with van der Waals surface area (Å²) in [5, 5.41) is 0. The molecule has 1 aliphatic rings. The van der Waals surface area contributed by atoms with E-state index in [-0.39, 0.29) is 11.8 Å². The first-order valence-electron chi connectivity index (χ1n) is 7.92. The van der Waals surface area contributed by atoms with Crippen molar-refractivity contribution in [2.75, 3.05) is 6.61 Å². The normalized spacial score (nSPS) is 17.7. The first-order valence-corrected chi connectivity index (χ1v) is 7.92. The number of imidazole rings is 1. The summed E-state index contributed by atoms with van der Waals surface area (Å²) < 4.78 is 5.92. The lowest BCUT2D eigenvalue weighted by Crippen LogP contribution is -2.25. The zero-order valence-electron chi connectivity index (χ0n) is 13.0. The highest BCUT2D eigenvalue weighted by molar-refractivity contribution is 5.76. The maximum absolute atomic E-state index is 11.2. The van der Waals surface area contributed by atoms with E-state index < -0.39 is 0 Å². The Balaban J connectivity index is 1.60. The number of H-pyrrole nitrogens is 1. The summed E-state index contributed by atoms with van der Waals surface area (Å²) in [6, 6.07) is 7.90. The van der Waals surface area contributed by atoms with Crippen LogP contribution in [0.2, 0.25) is 0 Å². The number of nitrogens with one attached hydrogen (secondary N) is 1. The van der Waals surface area contributed by atoms with Gasteiger partial charge in [0, 0.05) is 11.5 Å². The van der Waals surface area contributed by atoms with Crippen molar-refractivity contribution < 1.29 is 9.53 Å². The summed E-state index contributed by atoms with van der Waals surface area (Å²) in [4.78, 5) is 18.3. The van der Waals surface area contributed by atoms with Gasteiger partial charge in [0.15, 0.2) is 0 Å². The predicted octanol–water partition coefficient (Wildman–Crippen LogP) is 3.06. The van der Waals surface area contributed by atoms with E-state index in [0.29, 0.717) is 6.61 Å². The van der Waals surface area contributed by atoms with Gasteiger partial charge >= 0.3 is 0 Å². The topological polar surface area (TPSA) is 81.0 Å². The zero-order chi connectivity index (χ0) is 16.1. The van der Waals surface area contributed by atoms with Crippen molar-refractivity contribution >= 4 is 5.91 Å². The molecule has 0 bridgehead atoms. The average molecular weight is 311 g/mol. The van der Waals surface area contributed by atoms with Crippen LogP contribution in [0.5, 0.6) is 5.75 Å². The third kappa shape index (κ3) is 3.80. The van der Waals surface area contributed by atoms with E-state index in [1.807, 2.05) is 24.3 Å². The molecule has 3 rings (SSSR count). The van der Waals surface area contributed by atoms with Gasteiger partial charge in [0.2, 0.25) is 5.91 Å². The predicted molar refractivity (Wildman–Crippen MR) is 88.8 cm³/mol. The number of para-hydroxylation sites is 1. The van der Waals surface area contributed by atoms with Crippen LogP contribution in [0.1, 0.15) is 25.7 Å². The van der Waals surface area contributed by atoms with Crippen molar-refractivity contribution in [3.63, 3.8) is 0 Å². The maximum Gasteiger partial charge on any atom is 0.220 e. The van der Waals surface area contributed by atoms with Crippen LogP contribution in [0.25, 0.3) is 11.3 Å². The Morgan fingerprint density at radius 1 is 1.35 bits per heavy atom. The Hall–Kier alpha value is -2.56. The van der Waals surface area contributed by atoms with Gasteiger partial charge in [-0.15, -0.1) is 0 Å².